The Morgan fingerprint density at radius 2 is 1.57 bits per heavy atom. The Morgan fingerprint density at radius 3 is 2.00 bits per heavy atom. The molecule has 0 spiro atoms. The minimum atomic E-state index is -1.98. The van der Waals surface area contributed by atoms with E-state index in [1.165, 1.54) is 19.3 Å². The molecule has 2 atom stereocenters. The van der Waals surface area contributed by atoms with Crippen LogP contribution in [0.5, 0.6) is 0 Å². The molecule has 0 saturated carbocycles. The molecule has 0 bridgehead atoms. The van der Waals surface area contributed by atoms with Crippen LogP contribution in [-0.2, 0) is 4.43 Å². The van der Waals surface area contributed by atoms with Crippen molar-refractivity contribution >= 4 is 8.32 Å². The zero-order valence-corrected chi connectivity index (χ0v) is 17.5. The minimum Gasteiger partial charge on any atom is -0.407 e. The second-order valence-corrected chi connectivity index (χ2v) is 13.0. The van der Waals surface area contributed by atoms with E-state index in [0.717, 1.165) is 25.7 Å². The fourth-order valence-corrected chi connectivity index (χ4v) is 3.94. The molecule has 0 rings (SSSR count). The molecule has 0 fully saturated rings. The van der Waals surface area contributed by atoms with Crippen LogP contribution in [-0.4, -0.2) is 25.4 Å². The van der Waals surface area contributed by atoms with Crippen LogP contribution in [0, 0.1) is 10.1 Å². The van der Waals surface area contributed by atoms with Gasteiger partial charge in [-0.1, -0.05) is 66.7 Å². The van der Waals surface area contributed by atoms with Gasteiger partial charge < -0.3 is 4.43 Å². The Balaban J connectivity index is 4.86. The average Bonchev–Trinajstić information content (AvgIpc) is 2.40. The number of nitro groups is 1. The smallest absolute Gasteiger partial charge is 0.237 e. The molecule has 0 radical (unpaired) electrons. The first-order valence-corrected chi connectivity index (χ1v) is 12.3. The molecule has 5 heteroatoms. The summed E-state index contributed by atoms with van der Waals surface area (Å²) in [4.78, 5) is 11.5. The van der Waals surface area contributed by atoms with Gasteiger partial charge in [-0.05, 0) is 31.0 Å². The van der Waals surface area contributed by atoms with Crippen molar-refractivity contribution in [2.75, 3.05) is 0 Å². The molecule has 23 heavy (non-hydrogen) atoms. The van der Waals surface area contributed by atoms with Gasteiger partial charge in [-0.25, -0.2) is 0 Å². The van der Waals surface area contributed by atoms with Crippen LogP contribution in [0.15, 0.2) is 0 Å². The van der Waals surface area contributed by atoms with Crippen molar-refractivity contribution in [1.29, 1.82) is 0 Å². The summed E-state index contributed by atoms with van der Waals surface area (Å²) in [6, 6.07) is -0.550. The van der Waals surface area contributed by atoms with Crippen molar-refractivity contribution < 1.29 is 9.35 Å². The topological polar surface area (TPSA) is 52.4 Å². The highest BCUT2D eigenvalue weighted by Gasteiger charge is 2.43. The standard InChI is InChI=1S/C18H39NO3Si/c1-8-10-11-12-13-15-16(19(20)21)17(14-9-2)22-23(6,7)18(3,4)5/h16-17H,8-15H2,1-7H3/t16-,17-/m1/s1. The lowest BCUT2D eigenvalue weighted by atomic mass is 10.00. The summed E-state index contributed by atoms with van der Waals surface area (Å²) in [5.74, 6) is 0. The second kappa shape index (κ2) is 10.4. The molecule has 0 aromatic rings. The lowest BCUT2D eigenvalue weighted by Gasteiger charge is -2.39. The van der Waals surface area contributed by atoms with Gasteiger partial charge in [-0.15, -0.1) is 0 Å². The third kappa shape index (κ3) is 8.29. The molecule has 4 nitrogen and oxygen atoms in total. The van der Waals surface area contributed by atoms with Gasteiger partial charge in [-0.2, -0.15) is 0 Å². The van der Waals surface area contributed by atoms with Crippen molar-refractivity contribution in [1.82, 2.24) is 0 Å². The molecule has 0 amide bonds. The van der Waals surface area contributed by atoms with E-state index >= 15 is 0 Å². The van der Waals surface area contributed by atoms with E-state index in [-0.39, 0.29) is 16.1 Å². The molecular formula is C18H39NO3Si. The molecule has 0 aliphatic carbocycles. The Kier molecular flexibility index (Phi) is 10.3. The van der Waals surface area contributed by atoms with Crippen LogP contribution in [0.2, 0.25) is 18.1 Å². The second-order valence-electron chi connectivity index (χ2n) is 8.26. The zero-order chi connectivity index (χ0) is 18.1. The van der Waals surface area contributed by atoms with Gasteiger partial charge in [0.2, 0.25) is 6.04 Å². The molecule has 0 aromatic carbocycles. The summed E-state index contributed by atoms with van der Waals surface area (Å²) >= 11 is 0. The predicted octanol–water partition coefficient (Wildman–Crippen LogP) is 6.18. The van der Waals surface area contributed by atoms with E-state index in [9.17, 15) is 10.1 Å². The highest BCUT2D eigenvalue weighted by molar-refractivity contribution is 6.74. The number of hydrogen-bond donors (Lipinski definition) is 0. The van der Waals surface area contributed by atoms with Gasteiger partial charge in [0, 0.05) is 11.3 Å². The summed E-state index contributed by atoms with van der Waals surface area (Å²) < 4.78 is 6.44. The zero-order valence-electron chi connectivity index (χ0n) is 16.5. The molecule has 0 aromatic heterocycles. The summed E-state index contributed by atoms with van der Waals surface area (Å²) in [6.45, 7) is 15.2. The number of nitrogens with zero attached hydrogens (tertiary/aromatic N) is 1. The minimum absolute atomic E-state index is 0.0846. The Hall–Kier alpha value is -0.423. The van der Waals surface area contributed by atoms with E-state index in [4.69, 9.17) is 4.43 Å². The third-order valence-corrected chi connectivity index (χ3v) is 9.63. The summed E-state index contributed by atoms with van der Waals surface area (Å²) in [7, 11) is -1.98. The van der Waals surface area contributed by atoms with Crippen molar-refractivity contribution in [3.63, 3.8) is 0 Å². The van der Waals surface area contributed by atoms with Crippen LogP contribution in [0.3, 0.4) is 0 Å². The monoisotopic (exact) mass is 345 g/mol. The summed E-state index contributed by atoms with van der Waals surface area (Å²) in [5, 5.41) is 11.7. The summed E-state index contributed by atoms with van der Waals surface area (Å²) in [6.07, 6.45) is 7.77. The Labute approximate surface area is 144 Å². The molecule has 0 heterocycles. The lowest BCUT2D eigenvalue weighted by Crippen LogP contribution is -2.48. The fourth-order valence-electron chi connectivity index (χ4n) is 2.55. The summed E-state index contributed by atoms with van der Waals surface area (Å²) in [5.41, 5.74) is 0. The molecule has 0 aliphatic heterocycles. The highest BCUT2D eigenvalue weighted by atomic mass is 28.4. The fraction of sp³-hybridized carbons (Fsp3) is 1.00. The first-order valence-electron chi connectivity index (χ1n) is 9.38. The average molecular weight is 346 g/mol. The number of hydrogen-bond acceptors (Lipinski definition) is 3. The highest BCUT2D eigenvalue weighted by Crippen LogP contribution is 2.38. The number of unbranched alkanes of at least 4 members (excludes halogenated alkanes) is 4. The van der Waals surface area contributed by atoms with Crippen LogP contribution >= 0.6 is 0 Å². The van der Waals surface area contributed by atoms with Crippen molar-refractivity contribution in [3.05, 3.63) is 10.1 Å². The molecule has 0 saturated heterocycles. The van der Waals surface area contributed by atoms with Gasteiger partial charge in [-0.3, -0.25) is 10.1 Å². The third-order valence-electron chi connectivity index (χ3n) is 5.13. The molecular weight excluding hydrogens is 306 g/mol. The molecule has 138 valence electrons. The lowest BCUT2D eigenvalue weighted by molar-refractivity contribution is -0.534. The Bertz CT molecular complexity index is 340. The van der Waals surface area contributed by atoms with Gasteiger partial charge in [0.05, 0.1) is 0 Å². The first kappa shape index (κ1) is 22.6. The van der Waals surface area contributed by atoms with Crippen LogP contribution in [0.1, 0.15) is 86.0 Å². The molecule has 0 N–H and O–H groups in total. The SMILES string of the molecule is CCCCCCC[C@H]([C@@H](CCC)O[Si](C)(C)C(C)(C)C)[N+](=O)[O-]. The Morgan fingerprint density at radius 1 is 1.00 bits per heavy atom. The van der Waals surface area contributed by atoms with Gasteiger partial charge in [0.15, 0.2) is 8.32 Å². The van der Waals surface area contributed by atoms with Crippen molar-refractivity contribution in [3.8, 4) is 0 Å². The normalized spacial score (nSPS) is 15.4. The van der Waals surface area contributed by atoms with E-state index in [0.29, 0.717) is 6.42 Å². The maximum absolute atomic E-state index is 11.6. The van der Waals surface area contributed by atoms with E-state index in [1.807, 2.05) is 0 Å². The largest absolute Gasteiger partial charge is 0.407 e. The predicted molar refractivity (Wildman–Crippen MR) is 101 cm³/mol. The maximum Gasteiger partial charge on any atom is 0.237 e. The quantitative estimate of drug-likeness (QED) is 0.183. The van der Waals surface area contributed by atoms with Crippen LogP contribution in [0.25, 0.3) is 0 Å². The van der Waals surface area contributed by atoms with E-state index in [1.54, 1.807) is 0 Å². The van der Waals surface area contributed by atoms with Gasteiger partial charge in [0.25, 0.3) is 0 Å². The maximum atomic E-state index is 11.6. The van der Waals surface area contributed by atoms with Crippen molar-refractivity contribution in [2.24, 2.45) is 0 Å². The number of rotatable bonds is 12. The first-order chi connectivity index (χ1) is 10.6. The van der Waals surface area contributed by atoms with E-state index in [2.05, 4.69) is 47.7 Å². The van der Waals surface area contributed by atoms with Crippen LogP contribution < -0.4 is 0 Å². The van der Waals surface area contributed by atoms with Crippen LogP contribution in [0.4, 0.5) is 0 Å². The van der Waals surface area contributed by atoms with Gasteiger partial charge in [0.1, 0.15) is 6.10 Å². The van der Waals surface area contributed by atoms with E-state index < -0.39 is 14.4 Å². The van der Waals surface area contributed by atoms with Gasteiger partial charge >= 0.3 is 0 Å². The molecule has 0 aliphatic rings. The van der Waals surface area contributed by atoms with Crippen molar-refractivity contribution in [2.45, 2.75) is 116 Å². The molecule has 0 unspecified atom stereocenters.